The molecule has 1 N–H and O–H groups in total. The Bertz CT molecular complexity index is 1040. The summed E-state index contributed by atoms with van der Waals surface area (Å²) in [6, 6.07) is 15.1. The summed E-state index contributed by atoms with van der Waals surface area (Å²) in [6.07, 6.45) is 0.765. The van der Waals surface area contributed by atoms with E-state index in [2.05, 4.69) is 27.3 Å². The van der Waals surface area contributed by atoms with E-state index in [9.17, 15) is 4.79 Å². The fourth-order valence-corrected chi connectivity index (χ4v) is 5.51. The Labute approximate surface area is 155 Å². The lowest BCUT2D eigenvalue weighted by Gasteiger charge is -1.94. The van der Waals surface area contributed by atoms with Crippen LogP contribution in [-0.2, 0) is 6.42 Å². The Morgan fingerprint density at radius 3 is 2.68 bits per heavy atom. The molecule has 0 atom stereocenters. The highest BCUT2D eigenvalue weighted by Crippen LogP contribution is 2.36. The first-order valence-electron chi connectivity index (χ1n) is 7.35. The SMILES string of the molecule is O=C(O)c1ccc2nc(Sc3nnc(Cc4ccccc4)s3)sc2c1. The van der Waals surface area contributed by atoms with Gasteiger partial charge in [-0.1, -0.05) is 41.7 Å². The summed E-state index contributed by atoms with van der Waals surface area (Å²) in [5.41, 5.74) is 2.27. The van der Waals surface area contributed by atoms with E-state index >= 15 is 0 Å². The van der Waals surface area contributed by atoms with Gasteiger partial charge in [-0.25, -0.2) is 9.78 Å². The van der Waals surface area contributed by atoms with Crippen LogP contribution >= 0.6 is 34.4 Å². The third-order valence-electron chi connectivity index (χ3n) is 3.44. The number of hydrogen-bond donors (Lipinski definition) is 1. The number of carboxylic acids is 1. The van der Waals surface area contributed by atoms with E-state index in [1.54, 1.807) is 29.5 Å². The van der Waals surface area contributed by atoms with Gasteiger partial charge in [-0.3, -0.25) is 0 Å². The van der Waals surface area contributed by atoms with Gasteiger partial charge in [0.2, 0.25) is 0 Å². The van der Waals surface area contributed by atoms with Crippen molar-refractivity contribution in [1.29, 1.82) is 0 Å². The fraction of sp³-hybridized carbons (Fsp3) is 0.0588. The van der Waals surface area contributed by atoms with Crippen LogP contribution in [0.2, 0.25) is 0 Å². The number of aromatic carboxylic acids is 1. The second-order valence-electron chi connectivity index (χ2n) is 5.19. The first-order chi connectivity index (χ1) is 12.2. The molecule has 0 amide bonds. The number of fused-ring (bicyclic) bond motifs is 1. The molecule has 2 aromatic carbocycles. The van der Waals surface area contributed by atoms with Crippen LogP contribution in [0.5, 0.6) is 0 Å². The van der Waals surface area contributed by atoms with Gasteiger partial charge in [0, 0.05) is 6.42 Å². The van der Waals surface area contributed by atoms with Crippen molar-refractivity contribution in [3.05, 3.63) is 64.7 Å². The molecule has 0 saturated carbocycles. The zero-order chi connectivity index (χ0) is 17.2. The van der Waals surface area contributed by atoms with Gasteiger partial charge in [-0.05, 0) is 35.5 Å². The molecule has 0 spiro atoms. The number of carbonyl (C=O) groups is 1. The Kier molecular flexibility index (Phi) is 4.48. The molecule has 5 nitrogen and oxygen atoms in total. The lowest BCUT2D eigenvalue weighted by molar-refractivity contribution is 0.0697. The van der Waals surface area contributed by atoms with Crippen LogP contribution in [-0.4, -0.2) is 26.3 Å². The van der Waals surface area contributed by atoms with Crippen LogP contribution in [0.4, 0.5) is 0 Å². The van der Waals surface area contributed by atoms with Crippen molar-refractivity contribution in [1.82, 2.24) is 15.2 Å². The van der Waals surface area contributed by atoms with Crippen LogP contribution in [0.15, 0.2) is 57.2 Å². The average Bonchev–Trinajstić information content (AvgIpc) is 3.21. The summed E-state index contributed by atoms with van der Waals surface area (Å²) in [5, 5.41) is 18.5. The molecule has 0 aliphatic heterocycles. The summed E-state index contributed by atoms with van der Waals surface area (Å²) in [7, 11) is 0. The largest absolute Gasteiger partial charge is 0.478 e. The van der Waals surface area contributed by atoms with E-state index in [4.69, 9.17) is 5.11 Å². The maximum Gasteiger partial charge on any atom is 0.335 e. The number of thiazole rings is 1. The molecule has 2 aromatic heterocycles. The molecular weight excluding hydrogens is 374 g/mol. The normalized spacial score (nSPS) is 11.0. The minimum Gasteiger partial charge on any atom is -0.478 e. The molecule has 4 rings (SSSR count). The molecule has 0 saturated heterocycles. The maximum atomic E-state index is 11.1. The second-order valence-corrected chi connectivity index (χ2v) is 8.78. The summed E-state index contributed by atoms with van der Waals surface area (Å²) in [4.78, 5) is 15.6. The monoisotopic (exact) mass is 385 g/mol. The molecule has 8 heteroatoms. The minimum absolute atomic E-state index is 0.272. The van der Waals surface area contributed by atoms with E-state index < -0.39 is 5.97 Å². The molecule has 0 unspecified atom stereocenters. The first-order valence-corrected chi connectivity index (χ1v) is 9.80. The number of aromatic nitrogens is 3. The number of nitrogens with zero attached hydrogens (tertiary/aromatic N) is 3. The maximum absolute atomic E-state index is 11.1. The highest BCUT2D eigenvalue weighted by molar-refractivity contribution is 8.02. The van der Waals surface area contributed by atoms with Gasteiger partial charge in [0.1, 0.15) is 5.01 Å². The van der Waals surface area contributed by atoms with Crippen molar-refractivity contribution < 1.29 is 9.90 Å². The lowest BCUT2D eigenvalue weighted by Crippen LogP contribution is -1.94. The van der Waals surface area contributed by atoms with Crippen LogP contribution < -0.4 is 0 Å². The average molecular weight is 385 g/mol. The van der Waals surface area contributed by atoms with E-state index in [-0.39, 0.29) is 5.56 Å². The minimum atomic E-state index is -0.931. The number of rotatable bonds is 5. The number of benzene rings is 2. The molecular formula is C17H11N3O2S3. The van der Waals surface area contributed by atoms with E-state index in [1.807, 2.05) is 18.2 Å². The van der Waals surface area contributed by atoms with Gasteiger partial charge in [0.05, 0.1) is 15.8 Å². The molecule has 0 aliphatic rings. The Balaban J connectivity index is 1.52. The van der Waals surface area contributed by atoms with Gasteiger partial charge in [-0.2, -0.15) is 0 Å². The van der Waals surface area contributed by atoms with Crippen molar-refractivity contribution in [3.63, 3.8) is 0 Å². The van der Waals surface area contributed by atoms with Crippen LogP contribution in [0.3, 0.4) is 0 Å². The topological polar surface area (TPSA) is 76.0 Å². The first kappa shape index (κ1) is 16.2. The van der Waals surface area contributed by atoms with Crippen molar-refractivity contribution in [3.8, 4) is 0 Å². The van der Waals surface area contributed by atoms with Crippen molar-refractivity contribution in [2.45, 2.75) is 15.1 Å². The third kappa shape index (κ3) is 3.71. The summed E-state index contributed by atoms with van der Waals surface area (Å²) >= 11 is 4.48. The van der Waals surface area contributed by atoms with Gasteiger partial charge < -0.3 is 5.11 Å². The summed E-state index contributed by atoms with van der Waals surface area (Å²) < 4.78 is 2.53. The highest BCUT2D eigenvalue weighted by atomic mass is 32.2. The molecule has 0 fully saturated rings. The van der Waals surface area contributed by atoms with Crippen molar-refractivity contribution in [2.75, 3.05) is 0 Å². The smallest absolute Gasteiger partial charge is 0.335 e. The highest BCUT2D eigenvalue weighted by Gasteiger charge is 2.12. The number of carboxylic acid groups (broad SMARTS) is 1. The van der Waals surface area contributed by atoms with E-state index in [0.29, 0.717) is 0 Å². The Morgan fingerprint density at radius 2 is 1.88 bits per heavy atom. The van der Waals surface area contributed by atoms with Crippen molar-refractivity contribution >= 4 is 50.6 Å². The predicted octanol–water partition coefficient (Wildman–Crippen LogP) is 4.59. The Hall–Kier alpha value is -2.29. The molecule has 0 bridgehead atoms. The zero-order valence-corrected chi connectivity index (χ0v) is 15.2. The molecule has 0 radical (unpaired) electrons. The standard InChI is InChI=1S/C17H11N3O2S3/c21-15(22)11-6-7-12-13(9-11)23-16(18-12)25-17-20-19-14(24-17)8-10-4-2-1-3-5-10/h1-7,9H,8H2,(H,21,22). The van der Waals surface area contributed by atoms with E-state index in [0.717, 1.165) is 30.3 Å². The van der Waals surface area contributed by atoms with Gasteiger partial charge >= 0.3 is 5.97 Å². The molecule has 2 heterocycles. The second kappa shape index (κ2) is 6.91. The van der Waals surface area contributed by atoms with Crippen LogP contribution in [0.1, 0.15) is 20.9 Å². The summed E-state index contributed by atoms with van der Waals surface area (Å²) in [6.45, 7) is 0. The van der Waals surface area contributed by atoms with Gasteiger partial charge in [0.15, 0.2) is 8.68 Å². The fourth-order valence-electron chi connectivity index (χ4n) is 2.28. The Morgan fingerprint density at radius 1 is 1.04 bits per heavy atom. The van der Waals surface area contributed by atoms with E-state index in [1.165, 1.54) is 28.7 Å². The van der Waals surface area contributed by atoms with Crippen LogP contribution in [0, 0.1) is 0 Å². The lowest BCUT2D eigenvalue weighted by atomic mass is 10.2. The van der Waals surface area contributed by atoms with Crippen LogP contribution in [0.25, 0.3) is 10.2 Å². The molecule has 0 aliphatic carbocycles. The molecule has 124 valence electrons. The third-order valence-corrected chi connectivity index (χ3v) is 6.49. The molecule has 25 heavy (non-hydrogen) atoms. The number of hydrogen-bond acceptors (Lipinski definition) is 7. The van der Waals surface area contributed by atoms with Crippen molar-refractivity contribution in [2.24, 2.45) is 0 Å². The summed E-state index contributed by atoms with van der Waals surface area (Å²) in [5.74, 6) is -0.931. The van der Waals surface area contributed by atoms with Gasteiger partial charge in [-0.15, -0.1) is 21.5 Å². The zero-order valence-electron chi connectivity index (χ0n) is 12.7. The van der Waals surface area contributed by atoms with Gasteiger partial charge in [0.25, 0.3) is 0 Å². The quantitative estimate of drug-likeness (QED) is 0.542. The molecule has 4 aromatic rings. The predicted molar refractivity (Wildman–Crippen MR) is 99.9 cm³/mol.